The zero-order valence-corrected chi connectivity index (χ0v) is 14.4. The molecule has 0 rings (SSSR count). The second-order valence-electron chi connectivity index (χ2n) is 5.29. The van der Waals surface area contributed by atoms with Crippen molar-refractivity contribution in [1.29, 1.82) is 0 Å². The summed E-state index contributed by atoms with van der Waals surface area (Å²) in [4.78, 5) is 0. The van der Waals surface area contributed by atoms with Gasteiger partial charge in [0.2, 0.25) is 0 Å². The Balaban J connectivity index is 0. The highest BCUT2D eigenvalue weighted by molar-refractivity contribution is 4.51. The third-order valence-corrected chi connectivity index (χ3v) is 3.41. The quantitative estimate of drug-likeness (QED) is 0.364. The van der Waals surface area contributed by atoms with Crippen LogP contribution in [0.15, 0.2) is 0 Å². The summed E-state index contributed by atoms with van der Waals surface area (Å²) in [6, 6.07) is 0. The van der Waals surface area contributed by atoms with Crippen LogP contribution in [0.25, 0.3) is 0 Å². The first-order chi connectivity index (χ1) is 9.41. The van der Waals surface area contributed by atoms with E-state index in [4.69, 9.17) is 0 Å². The maximum atomic E-state index is 3.57. The molecule has 0 saturated carbocycles. The molecule has 0 aromatic rings. The van der Waals surface area contributed by atoms with E-state index in [9.17, 15) is 0 Å². The summed E-state index contributed by atoms with van der Waals surface area (Å²) >= 11 is 0. The van der Waals surface area contributed by atoms with Gasteiger partial charge in [-0.1, -0.05) is 91.9 Å². The summed E-state index contributed by atoms with van der Waals surface area (Å²) < 4.78 is 0. The summed E-state index contributed by atoms with van der Waals surface area (Å²) in [6.45, 7) is 11.0. The van der Waals surface area contributed by atoms with Crippen LogP contribution in [0.5, 0.6) is 0 Å². The number of unbranched alkanes of at least 4 members (excludes halogenated alkanes) is 10. The van der Waals surface area contributed by atoms with E-state index < -0.39 is 0 Å². The van der Waals surface area contributed by atoms with Crippen LogP contribution in [0.4, 0.5) is 0 Å². The summed E-state index contributed by atoms with van der Waals surface area (Å²) in [5.41, 5.74) is 0. The summed E-state index contributed by atoms with van der Waals surface area (Å²) in [5.74, 6) is 0. The van der Waals surface area contributed by atoms with Crippen molar-refractivity contribution in [2.24, 2.45) is 0 Å². The molecule has 0 aromatic carbocycles. The van der Waals surface area contributed by atoms with Gasteiger partial charge in [0.15, 0.2) is 0 Å². The van der Waals surface area contributed by atoms with Crippen LogP contribution < -0.4 is 5.32 Å². The minimum atomic E-state index is 1.24. The van der Waals surface area contributed by atoms with Crippen LogP contribution in [0, 0.1) is 0 Å². The van der Waals surface area contributed by atoms with E-state index in [1.807, 2.05) is 13.8 Å². The Morgan fingerprint density at radius 2 is 0.789 bits per heavy atom. The van der Waals surface area contributed by atoms with Gasteiger partial charge in [0.1, 0.15) is 0 Å². The fourth-order valence-corrected chi connectivity index (χ4v) is 2.19. The van der Waals surface area contributed by atoms with Crippen molar-refractivity contribution < 1.29 is 0 Å². The lowest BCUT2D eigenvalue weighted by Crippen LogP contribution is -2.16. The molecule has 0 saturated heterocycles. The van der Waals surface area contributed by atoms with Gasteiger partial charge in [-0.15, -0.1) is 0 Å². The third kappa shape index (κ3) is 23.5. The van der Waals surface area contributed by atoms with Crippen LogP contribution in [-0.4, -0.2) is 13.1 Å². The zero-order chi connectivity index (χ0) is 14.6. The standard InChI is InChI=1S/C16H35N.C2H6/c1-3-5-7-9-11-13-15-17-16-14-12-10-8-6-4-2;1-2/h17H,3-16H2,1-2H3;1-2H3. The van der Waals surface area contributed by atoms with Gasteiger partial charge in [-0.05, 0) is 25.9 Å². The summed E-state index contributed by atoms with van der Waals surface area (Å²) in [5, 5.41) is 3.57. The average molecular weight is 272 g/mol. The zero-order valence-electron chi connectivity index (χ0n) is 14.4. The van der Waals surface area contributed by atoms with Crippen LogP contribution in [0.3, 0.4) is 0 Å². The van der Waals surface area contributed by atoms with Crippen molar-refractivity contribution in [3.05, 3.63) is 0 Å². The Kier molecular flexibility index (Phi) is 25.8. The smallest absolute Gasteiger partial charge is 0.00489 e. The molecule has 1 nitrogen and oxygen atoms in total. The van der Waals surface area contributed by atoms with Crippen molar-refractivity contribution in [1.82, 2.24) is 5.32 Å². The first-order valence-corrected chi connectivity index (χ1v) is 9.12. The van der Waals surface area contributed by atoms with Crippen LogP contribution >= 0.6 is 0 Å². The normalized spacial score (nSPS) is 10.1. The van der Waals surface area contributed by atoms with Gasteiger partial charge >= 0.3 is 0 Å². The molecule has 0 fully saturated rings. The van der Waals surface area contributed by atoms with E-state index in [0.29, 0.717) is 0 Å². The highest BCUT2D eigenvalue weighted by Crippen LogP contribution is 2.05. The van der Waals surface area contributed by atoms with Gasteiger partial charge in [0.05, 0.1) is 0 Å². The van der Waals surface area contributed by atoms with Gasteiger partial charge < -0.3 is 5.32 Å². The minimum absolute atomic E-state index is 1.24. The lowest BCUT2D eigenvalue weighted by molar-refractivity contribution is 0.543. The Morgan fingerprint density at radius 3 is 1.16 bits per heavy atom. The fourth-order valence-electron chi connectivity index (χ4n) is 2.19. The fraction of sp³-hybridized carbons (Fsp3) is 1.00. The average Bonchev–Trinajstić information content (AvgIpc) is 2.46. The lowest BCUT2D eigenvalue weighted by atomic mass is 10.1. The van der Waals surface area contributed by atoms with Crippen molar-refractivity contribution in [2.75, 3.05) is 13.1 Å². The van der Waals surface area contributed by atoms with E-state index in [-0.39, 0.29) is 0 Å². The molecular weight excluding hydrogens is 230 g/mol. The molecule has 0 heterocycles. The number of rotatable bonds is 14. The highest BCUT2D eigenvalue weighted by atomic mass is 14.8. The van der Waals surface area contributed by atoms with Crippen molar-refractivity contribution in [3.63, 3.8) is 0 Å². The topological polar surface area (TPSA) is 12.0 Å². The molecule has 0 aliphatic rings. The van der Waals surface area contributed by atoms with Gasteiger partial charge in [-0.2, -0.15) is 0 Å². The number of hydrogen-bond acceptors (Lipinski definition) is 1. The summed E-state index contributed by atoms with van der Waals surface area (Å²) in [6.07, 6.45) is 16.9. The van der Waals surface area contributed by atoms with Gasteiger partial charge in [0.25, 0.3) is 0 Å². The Hall–Kier alpha value is -0.0400. The predicted octanol–water partition coefficient (Wildman–Crippen LogP) is 6.32. The van der Waals surface area contributed by atoms with Gasteiger partial charge in [-0.3, -0.25) is 0 Å². The summed E-state index contributed by atoms with van der Waals surface area (Å²) in [7, 11) is 0. The van der Waals surface area contributed by atoms with Gasteiger partial charge in [-0.25, -0.2) is 0 Å². The van der Waals surface area contributed by atoms with Crippen molar-refractivity contribution in [2.45, 2.75) is 105 Å². The van der Waals surface area contributed by atoms with Crippen LogP contribution in [-0.2, 0) is 0 Å². The molecule has 0 spiro atoms. The monoisotopic (exact) mass is 271 g/mol. The Bertz CT molecular complexity index is 109. The van der Waals surface area contributed by atoms with Crippen LogP contribution in [0.2, 0.25) is 0 Å². The molecule has 0 aromatic heterocycles. The molecule has 0 amide bonds. The van der Waals surface area contributed by atoms with E-state index in [1.165, 1.54) is 90.1 Å². The number of hydrogen-bond donors (Lipinski definition) is 1. The van der Waals surface area contributed by atoms with E-state index >= 15 is 0 Å². The Morgan fingerprint density at radius 1 is 0.474 bits per heavy atom. The maximum absolute atomic E-state index is 3.57. The van der Waals surface area contributed by atoms with Crippen molar-refractivity contribution >= 4 is 0 Å². The Labute approximate surface area is 123 Å². The molecule has 19 heavy (non-hydrogen) atoms. The first-order valence-electron chi connectivity index (χ1n) is 9.12. The second-order valence-corrected chi connectivity index (χ2v) is 5.29. The molecule has 1 heteroatoms. The molecule has 0 radical (unpaired) electrons. The molecule has 0 atom stereocenters. The predicted molar refractivity (Wildman–Crippen MR) is 91.0 cm³/mol. The van der Waals surface area contributed by atoms with Crippen molar-refractivity contribution in [3.8, 4) is 0 Å². The van der Waals surface area contributed by atoms with E-state index in [0.717, 1.165) is 0 Å². The first kappa shape index (κ1) is 21.3. The van der Waals surface area contributed by atoms with Crippen LogP contribution in [0.1, 0.15) is 105 Å². The molecule has 0 unspecified atom stereocenters. The number of nitrogens with one attached hydrogen (secondary N) is 1. The molecule has 0 aliphatic carbocycles. The molecule has 1 N–H and O–H groups in total. The van der Waals surface area contributed by atoms with Gasteiger partial charge in [0, 0.05) is 0 Å². The largest absolute Gasteiger partial charge is 0.317 e. The third-order valence-electron chi connectivity index (χ3n) is 3.41. The molecule has 0 aliphatic heterocycles. The second kappa shape index (κ2) is 23.1. The molecule has 0 bridgehead atoms. The highest BCUT2D eigenvalue weighted by Gasteiger charge is 1.92. The lowest BCUT2D eigenvalue weighted by Gasteiger charge is -2.04. The molecular formula is C18H41N. The maximum Gasteiger partial charge on any atom is -0.00489 e. The minimum Gasteiger partial charge on any atom is -0.317 e. The molecule has 118 valence electrons. The van der Waals surface area contributed by atoms with E-state index in [1.54, 1.807) is 0 Å². The SMILES string of the molecule is CC.CCCCCCCCNCCCCCCCC. The van der Waals surface area contributed by atoms with E-state index in [2.05, 4.69) is 19.2 Å².